The first-order valence-corrected chi connectivity index (χ1v) is 7.48. The molecule has 8 nitrogen and oxygen atoms in total. The number of nitrogens with zero attached hydrogens (tertiary/aromatic N) is 3. The van der Waals surface area contributed by atoms with Crippen LogP contribution in [0.4, 0.5) is 18.9 Å². The van der Waals surface area contributed by atoms with Crippen molar-refractivity contribution in [2.24, 2.45) is 0 Å². The van der Waals surface area contributed by atoms with Crippen molar-refractivity contribution < 1.29 is 27.9 Å². The van der Waals surface area contributed by atoms with Gasteiger partial charge in [-0.05, 0) is 25.1 Å². The minimum absolute atomic E-state index is 0.206. The molecule has 3 heterocycles. The standard InChI is InChI=1S/C13H15N5O.C2HF3O2/c1-9-8-18-11(7-15-9)5-12(17-18)13(19)16-10-3-2-4-14-6-10;3-2(4,5)1(6)7/h2-6,9,15H,7-8H2,1H3,(H,16,19);(H,6,7). The number of aliphatic carboxylic acids is 1. The number of carboxylic acid groups (broad SMARTS) is 1. The predicted molar refractivity (Wildman–Crippen MR) is 84.4 cm³/mol. The molecule has 0 spiro atoms. The highest BCUT2D eigenvalue weighted by Gasteiger charge is 2.38. The van der Waals surface area contributed by atoms with Crippen LogP contribution in [0.1, 0.15) is 23.1 Å². The number of amides is 1. The summed E-state index contributed by atoms with van der Waals surface area (Å²) in [6.07, 6.45) is -1.81. The fraction of sp³-hybridized carbons (Fsp3) is 0.333. The van der Waals surface area contributed by atoms with Crippen LogP contribution < -0.4 is 10.6 Å². The van der Waals surface area contributed by atoms with Crippen molar-refractivity contribution in [3.05, 3.63) is 42.0 Å². The zero-order chi connectivity index (χ0) is 19.3. The number of carbonyl (C=O) groups excluding carboxylic acids is 1. The molecule has 0 saturated carbocycles. The predicted octanol–water partition coefficient (Wildman–Crippen LogP) is 1.66. The van der Waals surface area contributed by atoms with Gasteiger partial charge in [-0.3, -0.25) is 14.5 Å². The zero-order valence-corrected chi connectivity index (χ0v) is 13.6. The molecule has 0 bridgehead atoms. The van der Waals surface area contributed by atoms with Crippen molar-refractivity contribution in [1.29, 1.82) is 0 Å². The number of halogens is 3. The molecule has 1 amide bonds. The van der Waals surface area contributed by atoms with E-state index in [0.717, 1.165) is 18.8 Å². The lowest BCUT2D eigenvalue weighted by molar-refractivity contribution is -0.192. The van der Waals surface area contributed by atoms with Gasteiger partial charge in [0, 0.05) is 18.8 Å². The summed E-state index contributed by atoms with van der Waals surface area (Å²) in [5.74, 6) is -2.96. The highest BCUT2D eigenvalue weighted by atomic mass is 19.4. The van der Waals surface area contributed by atoms with E-state index < -0.39 is 12.1 Å². The average molecular weight is 371 g/mol. The first kappa shape index (κ1) is 19.4. The van der Waals surface area contributed by atoms with Crippen molar-refractivity contribution in [3.8, 4) is 0 Å². The Bertz CT molecular complexity index is 777. The highest BCUT2D eigenvalue weighted by molar-refractivity contribution is 6.02. The Morgan fingerprint density at radius 3 is 2.69 bits per heavy atom. The molecule has 0 radical (unpaired) electrons. The number of anilines is 1. The van der Waals surface area contributed by atoms with Crippen molar-refractivity contribution in [2.45, 2.75) is 32.2 Å². The SMILES string of the molecule is CC1Cn2nc(C(=O)Nc3cccnc3)cc2CN1.O=C(O)C(F)(F)F. The van der Waals surface area contributed by atoms with Gasteiger partial charge < -0.3 is 15.7 Å². The van der Waals surface area contributed by atoms with Gasteiger partial charge in [-0.15, -0.1) is 0 Å². The van der Waals surface area contributed by atoms with Crippen molar-refractivity contribution in [1.82, 2.24) is 20.1 Å². The minimum Gasteiger partial charge on any atom is -0.475 e. The molecule has 11 heteroatoms. The molecule has 1 aliphatic rings. The molecular formula is C15H16F3N5O3. The number of hydrogen-bond donors (Lipinski definition) is 3. The van der Waals surface area contributed by atoms with Crippen LogP contribution in [0.2, 0.25) is 0 Å². The Labute approximate surface area is 146 Å². The summed E-state index contributed by atoms with van der Waals surface area (Å²) in [5, 5.41) is 17.6. The monoisotopic (exact) mass is 371 g/mol. The van der Waals surface area contributed by atoms with Crippen LogP contribution in [0.3, 0.4) is 0 Å². The maximum atomic E-state index is 12.1. The Kier molecular flexibility index (Phi) is 5.93. The van der Waals surface area contributed by atoms with E-state index in [9.17, 15) is 18.0 Å². The zero-order valence-electron chi connectivity index (χ0n) is 13.6. The number of aromatic nitrogens is 3. The Hall–Kier alpha value is -2.95. The van der Waals surface area contributed by atoms with Gasteiger partial charge in [0.25, 0.3) is 5.91 Å². The number of carbonyl (C=O) groups is 2. The van der Waals surface area contributed by atoms with E-state index in [0.29, 0.717) is 17.4 Å². The summed E-state index contributed by atoms with van der Waals surface area (Å²) in [6.45, 7) is 3.63. The first-order chi connectivity index (χ1) is 12.2. The van der Waals surface area contributed by atoms with Crippen molar-refractivity contribution >= 4 is 17.6 Å². The number of alkyl halides is 3. The Balaban J connectivity index is 0.000000298. The van der Waals surface area contributed by atoms with Crippen molar-refractivity contribution in [3.63, 3.8) is 0 Å². The molecule has 1 aliphatic heterocycles. The van der Waals surface area contributed by atoms with E-state index in [4.69, 9.17) is 9.90 Å². The van der Waals surface area contributed by atoms with Crippen LogP contribution in [0.5, 0.6) is 0 Å². The lowest BCUT2D eigenvalue weighted by Gasteiger charge is -2.21. The third-order valence-electron chi connectivity index (χ3n) is 3.34. The molecule has 3 N–H and O–H groups in total. The topological polar surface area (TPSA) is 109 Å². The lowest BCUT2D eigenvalue weighted by Crippen LogP contribution is -2.36. The molecule has 0 aliphatic carbocycles. The van der Waals surface area contributed by atoms with E-state index in [1.54, 1.807) is 24.5 Å². The number of hydrogen-bond acceptors (Lipinski definition) is 5. The molecule has 0 saturated heterocycles. The number of nitrogens with one attached hydrogen (secondary N) is 2. The summed E-state index contributed by atoms with van der Waals surface area (Å²) in [5.41, 5.74) is 2.15. The van der Waals surface area contributed by atoms with Gasteiger partial charge in [-0.25, -0.2) is 4.79 Å². The van der Waals surface area contributed by atoms with Gasteiger partial charge in [0.2, 0.25) is 0 Å². The van der Waals surface area contributed by atoms with Gasteiger partial charge in [-0.1, -0.05) is 0 Å². The second kappa shape index (κ2) is 7.95. The van der Waals surface area contributed by atoms with Crippen LogP contribution in [0.15, 0.2) is 30.6 Å². The molecule has 0 fully saturated rings. The second-order valence-corrected chi connectivity index (χ2v) is 5.48. The molecule has 1 unspecified atom stereocenters. The first-order valence-electron chi connectivity index (χ1n) is 7.48. The maximum Gasteiger partial charge on any atom is 0.490 e. The quantitative estimate of drug-likeness (QED) is 0.741. The summed E-state index contributed by atoms with van der Waals surface area (Å²) in [6, 6.07) is 5.77. The molecule has 3 rings (SSSR count). The van der Waals surface area contributed by atoms with Crippen molar-refractivity contribution in [2.75, 3.05) is 5.32 Å². The van der Waals surface area contributed by atoms with Crippen LogP contribution in [0.25, 0.3) is 0 Å². The molecule has 1 atom stereocenters. The average Bonchev–Trinajstić information content (AvgIpc) is 2.98. The fourth-order valence-corrected chi connectivity index (χ4v) is 2.10. The number of pyridine rings is 1. The highest BCUT2D eigenvalue weighted by Crippen LogP contribution is 2.13. The molecule has 2 aromatic rings. The normalized spacial score (nSPS) is 16.1. The molecule has 140 valence electrons. The van der Waals surface area contributed by atoms with E-state index in [2.05, 4.69) is 27.6 Å². The van der Waals surface area contributed by atoms with Crippen LogP contribution >= 0.6 is 0 Å². The van der Waals surface area contributed by atoms with Crippen LogP contribution in [0, 0.1) is 0 Å². The third-order valence-corrected chi connectivity index (χ3v) is 3.34. The third kappa shape index (κ3) is 5.28. The van der Waals surface area contributed by atoms with Gasteiger partial charge in [0.1, 0.15) is 0 Å². The van der Waals surface area contributed by atoms with Crippen LogP contribution in [-0.2, 0) is 17.9 Å². The Morgan fingerprint density at radius 2 is 2.12 bits per heavy atom. The minimum atomic E-state index is -5.08. The molecule has 26 heavy (non-hydrogen) atoms. The van der Waals surface area contributed by atoms with Gasteiger partial charge in [-0.2, -0.15) is 18.3 Å². The fourth-order valence-electron chi connectivity index (χ4n) is 2.10. The summed E-state index contributed by atoms with van der Waals surface area (Å²) in [4.78, 5) is 24.9. The van der Waals surface area contributed by atoms with E-state index in [1.165, 1.54) is 0 Å². The summed E-state index contributed by atoms with van der Waals surface area (Å²) < 4.78 is 33.6. The van der Waals surface area contributed by atoms with Crippen LogP contribution in [-0.4, -0.2) is 44.0 Å². The van der Waals surface area contributed by atoms with E-state index in [1.807, 2.05) is 10.7 Å². The van der Waals surface area contributed by atoms with Gasteiger partial charge in [0.05, 0.1) is 24.1 Å². The van der Waals surface area contributed by atoms with E-state index in [-0.39, 0.29) is 5.91 Å². The smallest absolute Gasteiger partial charge is 0.475 e. The number of fused-ring (bicyclic) bond motifs is 1. The Morgan fingerprint density at radius 1 is 1.42 bits per heavy atom. The van der Waals surface area contributed by atoms with E-state index >= 15 is 0 Å². The second-order valence-electron chi connectivity index (χ2n) is 5.48. The lowest BCUT2D eigenvalue weighted by atomic mass is 10.2. The van der Waals surface area contributed by atoms with Gasteiger partial charge in [0.15, 0.2) is 5.69 Å². The largest absolute Gasteiger partial charge is 0.490 e. The molecule has 2 aromatic heterocycles. The number of carboxylic acids is 1. The number of rotatable bonds is 2. The molecular weight excluding hydrogens is 355 g/mol. The summed E-state index contributed by atoms with van der Waals surface area (Å²) >= 11 is 0. The van der Waals surface area contributed by atoms with Gasteiger partial charge >= 0.3 is 12.1 Å². The maximum absolute atomic E-state index is 12.1. The molecule has 0 aromatic carbocycles. The summed E-state index contributed by atoms with van der Waals surface area (Å²) in [7, 11) is 0.